The number of hydrogen-bond acceptors (Lipinski definition) is 1. The largest absolute Gasteiger partial charge is 0.381 e. The van der Waals surface area contributed by atoms with Gasteiger partial charge in [0.05, 0.1) is 6.61 Å². The first-order chi connectivity index (χ1) is 8.09. The van der Waals surface area contributed by atoms with Crippen molar-refractivity contribution < 1.29 is 4.74 Å². The van der Waals surface area contributed by atoms with Gasteiger partial charge in [0, 0.05) is 12.0 Å². The van der Waals surface area contributed by atoms with Gasteiger partial charge >= 0.3 is 0 Å². The molecule has 1 heterocycles. The van der Waals surface area contributed by atoms with Crippen LogP contribution in [0.2, 0.25) is 0 Å². The van der Waals surface area contributed by atoms with Gasteiger partial charge in [-0.2, -0.15) is 0 Å². The molecule has 2 aliphatic carbocycles. The average Bonchev–Trinajstić information content (AvgIpc) is 2.43. The van der Waals surface area contributed by atoms with E-state index in [1.165, 1.54) is 32.1 Å². The molecule has 0 amide bonds. The summed E-state index contributed by atoms with van der Waals surface area (Å²) in [6.07, 6.45) is 9.19. The third-order valence-corrected chi connectivity index (χ3v) is 6.45. The zero-order chi connectivity index (χ0) is 12.1. The minimum absolute atomic E-state index is 0.399. The summed E-state index contributed by atoms with van der Waals surface area (Å²) < 4.78 is 6.01. The van der Waals surface area contributed by atoms with E-state index in [4.69, 9.17) is 4.74 Å². The van der Waals surface area contributed by atoms with Crippen LogP contribution >= 0.6 is 0 Å². The van der Waals surface area contributed by atoms with Crippen molar-refractivity contribution >= 4 is 0 Å². The molecule has 3 aliphatic rings. The molecule has 0 unspecified atom stereocenters. The maximum absolute atomic E-state index is 6.01. The van der Waals surface area contributed by atoms with Crippen LogP contribution < -0.4 is 0 Å². The van der Waals surface area contributed by atoms with Gasteiger partial charge in [0.15, 0.2) is 0 Å². The Morgan fingerprint density at radius 3 is 2.94 bits per heavy atom. The summed E-state index contributed by atoms with van der Waals surface area (Å²) in [4.78, 5) is 0. The fourth-order valence-electron chi connectivity index (χ4n) is 4.95. The maximum atomic E-state index is 6.01. The average molecular weight is 234 g/mol. The van der Waals surface area contributed by atoms with Crippen LogP contribution in [0.5, 0.6) is 0 Å². The molecule has 0 aromatic heterocycles. The highest BCUT2D eigenvalue weighted by molar-refractivity contribution is 5.22. The molecule has 1 aliphatic heterocycles. The number of ether oxygens (including phenoxy) is 1. The number of rotatable bonds is 0. The lowest BCUT2D eigenvalue weighted by Gasteiger charge is -2.57. The third kappa shape index (κ3) is 1.47. The molecule has 17 heavy (non-hydrogen) atoms. The molecule has 1 saturated heterocycles. The lowest BCUT2D eigenvalue weighted by Crippen LogP contribution is -2.51. The van der Waals surface area contributed by atoms with Gasteiger partial charge in [0.25, 0.3) is 0 Å². The summed E-state index contributed by atoms with van der Waals surface area (Å²) >= 11 is 0. The topological polar surface area (TPSA) is 9.23 Å². The highest BCUT2D eigenvalue weighted by Gasteiger charge is 2.56. The van der Waals surface area contributed by atoms with E-state index in [0.29, 0.717) is 10.8 Å². The van der Waals surface area contributed by atoms with Gasteiger partial charge in [-0.05, 0) is 56.3 Å². The van der Waals surface area contributed by atoms with Crippen molar-refractivity contribution in [1.82, 2.24) is 0 Å². The molecular formula is C16H26O. The SMILES string of the molecule is CC1=CCC[C@@H]2[C@@]13CC[C@@H](C)[C@@]2(C)CCOC3. The maximum Gasteiger partial charge on any atom is 0.0562 e. The molecule has 3 rings (SSSR count). The first kappa shape index (κ1) is 11.8. The monoisotopic (exact) mass is 234 g/mol. The van der Waals surface area contributed by atoms with Crippen LogP contribution in [0.25, 0.3) is 0 Å². The summed E-state index contributed by atoms with van der Waals surface area (Å²) in [6.45, 7) is 9.35. The first-order valence-electron chi connectivity index (χ1n) is 7.34. The van der Waals surface area contributed by atoms with E-state index in [1.54, 1.807) is 5.57 Å². The molecular weight excluding hydrogens is 208 g/mol. The van der Waals surface area contributed by atoms with Crippen LogP contribution in [0.4, 0.5) is 0 Å². The predicted octanol–water partition coefficient (Wildman–Crippen LogP) is 4.19. The van der Waals surface area contributed by atoms with Crippen LogP contribution in [-0.4, -0.2) is 13.2 Å². The quantitative estimate of drug-likeness (QED) is 0.571. The minimum atomic E-state index is 0.399. The van der Waals surface area contributed by atoms with Gasteiger partial charge in [-0.1, -0.05) is 25.5 Å². The van der Waals surface area contributed by atoms with Gasteiger partial charge < -0.3 is 4.74 Å². The van der Waals surface area contributed by atoms with Gasteiger partial charge in [0.2, 0.25) is 0 Å². The molecule has 0 radical (unpaired) electrons. The van der Waals surface area contributed by atoms with E-state index in [1.807, 2.05) is 0 Å². The van der Waals surface area contributed by atoms with Crippen molar-refractivity contribution in [3.63, 3.8) is 0 Å². The molecule has 1 saturated carbocycles. The zero-order valence-corrected chi connectivity index (χ0v) is 11.6. The highest BCUT2D eigenvalue weighted by Crippen LogP contribution is 2.62. The molecule has 2 bridgehead atoms. The fourth-order valence-corrected chi connectivity index (χ4v) is 4.95. The van der Waals surface area contributed by atoms with E-state index in [9.17, 15) is 0 Å². The third-order valence-electron chi connectivity index (χ3n) is 6.45. The Morgan fingerprint density at radius 1 is 1.29 bits per heavy atom. The second kappa shape index (κ2) is 3.85. The van der Waals surface area contributed by atoms with Crippen molar-refractivity contribution in [2.24, 2.45) is 22.7 Å². The number of allylic oxidation sites excluding steroid dienone is 1. The van der Waals surface area contributed by atoms with E-state index in [2.05, 4.69) is 26.8 Å². The van der Waals surface area contributed by atoms with Gasteiger partial charge in [0.1, 0.15) is 0 Å². The van der Waals surface area contributed by atoms with E-state index in [0.717, 1.165) is 25.0 Å². The summed E-state index contributed by atoms with van der Waals surface area (Å²) in [7, 11) is 0. The van der Waals surface area contributed by atoms with Crippen molar-refractivity contribution in [2.45, 2.75) is 52.9 Å². The second-order valence-electron chi connectivity index (χ2n) is 6.92. The molecule has 1 heteroatoms. The van der Waals surface area contributed by atoms with Crippen LogP contribution in [0.1, 0.15) is 52.9 Å². The zero-order valence-electron chi connectivity index (χ0n) is 11.6. The summed E-state index contributed by atoms with van der Waals surface area (Å²) in [5.41, 5.74) is 2.55. The van der Waals surface area contributed by atoms with Gasteiger partial charge in [-0.25, -0.2) is 0 Å². The predicted molar refractivity (Wildman–Crippen MR) is 70.9 cm³/mol. The lowest BCUT2D eigenvalue weighted by atomic mass is 9.47. The van der Waals surface area contributed by atoms with Crippen molar-refractivity contribution in [1.29, 1.82) is 0 Å². The van der Waals surface area contributed by atoms with Crippen LogP contribution in [0.3, 0.4) is 0 Å². The van der Waals surface area contributed by atoms with Crippen LogP contribution in [0.15, 0.2) is 11.6 Å². The van der Waals surface area contributed by atoms with Crippen molar-refractivity contribution in [2.75, 3.05) is 13.2 Å². The Bertz CT molecular complexity index is 345. The molecule has 2 fully saturated rings. The Morgan fingerprint density at radius 2 is 2.12 bits per heavy atom. The van der Waals surface area contributed by atoms with E-state index < -0.39 is 0 Å². The Hall–Kier alpha value is -0.300. The molecule has 1 nitrogen and oxygen atoms in total. The normalized spacial score (nSPS) is 50.2. The van der Waals surface area contributed by atoms with Crippen molar-refractivity contribution in [3.05, 3.63) is 11.6 Å². The Labute approximate surface area is 106 Å². The second-order valence-corrected chi connectivity index (χ2v) is 6.92. The minimum Gasteiger partial charge on any atom is -0.381 e. The first-order valence-corrected chi connectivity index (χ1v) is 7.34. The Kier molecular flexibility index (Phi) is 2.66. The van der Waals surface area contributed by atoms with E-state index in [-0.39, 0.29) is 0 Å². The van der Waals surface area contributed by atoms with Gasteiger partial charge in [-0.15, -0.1) is 0 Å². The summed E-state index contributed by atoms with van der Waals surface area (Å²) in [5.74, 6) is 1.74. The summed E-state index contributed by atoms with van der Waals surface area (Å²) in [6, 6.07) is 0. The van der Waals surface area contributed by atoms with Crippen LogP contribution in [-0.2, 0) is 4.74 Å². The standard InChI is InChI=1S/C16H26O/c1-12-7-8-16-11-17-10-9-15(12,3)14(16)6-4-5-13(16)2/h5,12,14H,4,6-11H2,1-3H3/t12-,14+,15-,16-/m1/s1. The molecule has 0 aromatic rings. The molecule has 4 atom stereocenters. The smallest absolute Gasteiger partial charge is 0.0562 e. The summed E-state index contributed by atoms with van der Waals surface area (Å²) in [5, 5.41) is 0. The molecule has 96 valence electrons. The van der Waals surface area contributed by atoms with Crippen molar-refractivity contribution in [3.8, 4) is 0 Å². The highest BCUT2D eigenvalue weighted by atomic mass is 16.5. The molecule has 0 N–H and O–H groups in total. The fraction of sp³-hybridized carbons (Fsp3) is 0.875. The van der Waals surface area contributed by atoms with Crippen LogP contribution in [0, 0.1) is 22.7 Å². The van der Waals surface area contributed by atoms with E-state index >= 15 is 0 Å². The van der Waals surface area contributed by atoms with Gasteiger partial charge in [-0.3, -0.25) is 0 Å². The lowest BCUT2D eigenvalue weighted by molar-refractivity contribution is -0.0506. The Balaban J connectivity index is 2.09. The number of hydrogen-bond donors (Lipinski definition) is 0. The molecule has 0 aromatic carbocycles. The molecule has 0 spiro atoms.